The van der Waals surface area contributed by atoms with Crippen molar-refractivity contribution in [3.63, 3.8) is 0 Å². The molecule has 2 nitrogen and oxygen atoms in total. The van der Waals surface area contributed by atoms with Gasteiger partial charge >= 0.3 is 0 Å². The normalized spacial score (nSPS) is 11.3. The summed E-state index contributed by atoms with van der Waals surface area (Å²) in [5.74, 6) is 0. The highest BCUT2D eigenvalue weighted by atomic mass is 15.1. The van der Waals surface area contributed by atoms with Crippen LogP contribution in [0.5, 0.6) is 0 Å². The number of aromatic nitrogens is 1. The van der Waals surface area contributed by atoms with E-state index in [1.807, 2.05) is 0 Å². The fourth-order valence-corrected chi connectivity index (χ4v) is 8.94. The van der Waals surface area contributed by atoms with Gasteiger partial charge in [0.15, 0.2) is 0 Å². The Hall–Kier alpha value is -7.94. The summed E-state index contributed by atoms with van der Waals surface area (Å²) in [6.45, 7) is 0. The molecule has 1 aromatic heterocycles. The Labute approximate surface area is 350 Å². The van der Waals surface area contributed by atoms with Crippen LogP contribution in [0.3, 0.4) is 0 Å². The minimum atomic E-state index is 1.09. The van der Waals surface area contributed by atoms with Gasteiger partial charge in [-0.2, -0.15) is 0 Å². The van der Waals surface area contributed by atoms with Gasteiger partial charge in [0.05, 0.1) is 28.1 Å². The van der Waals surface area contributed by atoms with Gasteiger partial charge in [-0.3, -0.25) is 0 Å². The van der Waals surface area contributed by atoms with Crippen LogP contribution in [-0.2, 0) is 0 Å². The van der Waals surface area contributed by atoms with Crippen LogP contribution in [0.1, 0.15) is 0 Å². The first-order valence-electron chi connectivity index (χ1n) is 20.6. The number of nitrogens with zero attached hydrogens (tertiary/aromatic N) is 2. The quantitative estimate of drug-likeness (QED) is 0.150. The summed E-state index contributed by atoms with van der Waals surface area (Å²) in [5, 5.41) is 4.88. The van der Waals surface area contributed by atoms with Gasteiger partial charge in [0, 0.05) is 33.0 Å². The van der Waals surface area contributed by atoms with E-state index in [4.69, 9.17) is 0 Å². The van der Waals surface area contributed by atoms with Gasteiger partial charge in [-0.1, -0.05) is 200 Å². The van der Waals surface area contributed by atoms with Crippen molar-refractivity contribution in [3.05, 3.63) is 243 Å². The predicted molar refractivity (Wildman–Crippen MR) is 255 cm³/mol. The minimum absolute atomic E-state index is 1.09. The molecule has 0 radical (unpaired) electrons. The summed E-state index contributed by atoms with van der Waals surface area (Å²) in [6.07, 6.45) is 0. The third-order valence-corrected chi connectivity index (χ3v) is 11.8. The number of hydrogen-bond donors (Lipinski definition) is 0. The molecule has 0 aliphatic rings. The summed E-state index contributed by atoms with van der Waals surface area (Å²) >= 11 is 0. The van der Waals surface area contributed by atoms with Gasteiger partial charge < -0.3 is 9.47 Å². The largest absolute Gasteiger partial charge is 0.309 e. The van der Waals surface area contributed by atoms with E-state index in [-0.39, 0.29) is 0 Å². The van der Waals surface area contributed by atoms with Crippen LogP contribution in [-0.4, -0.2) is 4.57 Å². The lowest BCUT2D eigenvalue weighted by Crippen LogP contribution is -2.11. The van der Waals surface area contributed by atoms with E-state index in [1.54, 1.807) is 0 Å². The fourth-order valence-electron chi connectivity index (χ4n) is 8.94. The zero-order valence-corrected chi connectivity index (χ0v) is 33.0. The van der Waals surface area contributed by atoms with Crippen LogP contribution in [0.2, 0.25) is 0 Å². The molecule has 0 bridgehead atoms. The van der Waals surface area contributed by atoms with E-state index in [2.05, 4.69) is 252 Å². The standard InChI is InChI=1S/C58H40N2/c1-4-17-41(18-5-1)46-33-37-52-53-38-34-47(42-19-6-2-7-20-42)40-58(53)60(57(52)39-46)56-29-15-13-27-51(56)45-31-35-48(36-32-45)59(55-30-16-24-44-23-10-11-25-50(44)55)54-28-14-12-26-49(54)43-21-8-3-9-22-43/h1-40H. The SMILES string of the molecule is c1ccc(-c2ccc3c4ccc(-c5ccccc5)cc4n(-c4ccccc4-c4ccc(N(c5ccccc5-c5ccccc5)c5cccc6ccccc56)cc4)c3c2)cc1. The Bertz CT molecular complexity index is 3190. The zero-order chi connectivity index (χ0) is 39.8. The monoisotopic (exact) mass is 764 g/mol. The highest BCUT2D eigenvalue weighted by Crippen LogP contribution is 2.45. The maximum atomic E-state index is 2.48. The topological polar surface area (TPSA) is 8.17 Å². The molecule has 10 aromatic carbocycles. The van der Waals surface area contributed by atoms with Crippen molar-refractivity contribution in [1.29, 1.82) is 0 Å². The summed E-state index contributed by atoms with van der Waals surface area (Å²) in [6, 6.07) is 87.9. The van der Waals surface area contributed by atoms with E-state index >= 15 is 0 Å². The lowest BCUT2D eigenvalue weighted by atomic mass is 9.99. The molecule has 60 heavy (non-hydrogen) atoms. The second kappa shape index (κ2) is 15.1. The Kier molecular flexibility index (Phi) is 8.87. The predicted octanol–water partition coefficient (Wildman–Crippen LogP) is 16.1. The third kappa shape index (κ3) is 6.23. The lowest BCUT2D eigenvalue weighted by molar-refractivity contribution is 1.18. The molecule has 0 saturated carbocycles. The first-order valence-corrected chi connectivity index (χ1v) is 20.6. The smallest absolute Gasteiger partial charge is 0.0547 e. The van der Waals surface area contributed by atoms with E-state index in [9.17, 15) is 0 Å². The van der Waals surface area contributed by atoms with E-state index in [0.29, 0.717) is 0 Å². The first kappa shape index (κ1) is 35.2. The number of hydrogen-bond acceptors (Lipinski definition) is 1. The lowest BCUT2D eigenvalue weighted by Gasteiger charge is -2.29. The van der Waals surface area contributed by atoms with Gasteiger partial charge in [-0.05, 0) is 81.2 Å². The second-order valence-corrected chi connectivity index (χ2v) is 15.3. The molecule has 0 spiro atoms. The molecule has 11 aromatic rings. The zero-order valence-electron chi connectivity index (χ0n) is 33.0. The van der Waals surface area contributed by atoms with Crippen LogP contribution in [0.15, 0.2) is 243 Å². The molecule has 0 aliphatic carbocycles. The number of anilines is 3. The average molecular weight is 765 g/mol. The Balaban J connectivity index is 1.10. The van der Waals surface area contributed by atoms with E-state index in [0.717, 1.165) is 28.3 Å². The van der Waals surface area contributed by atoms with Crippen molar-refractivity contribution in [2.45, 2.75) is 0 Å². The first-order chi connectivity index (χ1) is 29.8. The Morgan fingerprint density at radius 2 is 0.750 bits per heavy atom. The van der Waals surface area contributed by atoms with Crippen LogP contribution in [0.4, 0.5) is 17.1 Å². The molecule has 0 saturated heterocycles. The van der Waals surface area contributed by atoms with E-state index < -0.39 is 0 Å². The van der Waals surface area contributed by atoms with Crippen molar-refractivity contribution >= 4 is 49.6 Å². The molecule has 0 N–H and O–H groups in total. The van der Waals surface area contributed by atoms with Gasteiger partial charge in [0.1, 0.15) is 0 Å². The summed E-state index contributed by atoms with van der Waals surface area (Å²) in [5.41, 5.74) is 16.3. The van der Waals surface area contributed by atoms with Crippen LogP contribution < -0.4 is 4.90 Å². The van der Waals surface area contributed by atoms with Crippen molar-refractivity contribution in [3.8, 4) is 50.2 Å². The van der Waals surface area contributed by atoms with Gasteiger partial charge in [0.2, 0.25) is 0 Å². The molecule has 0 amide bonds. The highest BCUT2D eigenvalue weighted by molar-refractivity contribution is 6.12. The third-order valence-electron chi connectivity index (χ3n) is 11.8. The molecular formula is C58H40N2. The van der Waals surface area contributed by atoms with Crippen molar-refractivity contribution < 1.29 is 0 Å². The second-order valence-electron chi connectivity index (χ2n) is 15.3. The van der Waals surface area contributed by atoms with Crippen LogP contribution in [0, 0.1) is 0 Å². The van der Waals surface area contributed by atoms with Gasteiger partial charge in [-0.25, -0.2) is 0 Å². The molecule has 0 atom stereocenters. The maximum absolute atomic E-state index is 2.48. The molecule has 2 heteroatoms. The van der Waals surface area contributed by atoms with Crippen LogP contribution in [0.25, 0.3) is 82.8 Å². The van der Waals surface area contributed by atoms with Gasteiger partial charge in [-0.15, -0.1) is 0 Å². The molecule has 0 fully saturated rings. The Morgan fingerprint density at radius 1 is 0.283 bits per heavy atom. The van der Waals surface area contributed by atoms with Gasteiger partial charge in [0.25, 0.3) is 0 Å². The molecule has 0 unspecified atom stereocenters. The number of rotatable bonds is 8. The molecule has 11 rings (SSSR count). The fraction of sp³-hybridized carbons (Fsp3) is 0. The minimum Gasteiger partial charge on any atom is -0.309 e. The van der Waals surface area contributed by atoms with Crippen molar-refractivity contribution in [2.24, 2.45) is 0 Å². The number of benzene rings is 10. The molecular weight excluding hydrogens is 725 g/mol. The van der Waals surface area contributed by atoms with Crippen LogP contribution >= 0.6 is 0 Å². The molecule has 0 aliphatic heterocycles. The number of para-hydroxylation sites is 2. The number of fused-ring (bicyclic) bond motifs is 4. The summed E-state index contributed by atoms with van der Waals surface area (Å²) < 4.78 is 2.48. The van der Waals surface area contributed by atoms with Crippen molar-refractivity contribution in [2.75, 3.05) is 4.90 Å². The van der Waals surface area contributed by atoms with E-state index in [1.165, 1.54) is 71.5 Å². The average Bonchev–Trinajstić information content (AvgIpc) is 3.66. The highest BCUT2D eigenvalue weighted by Gasteiger charge is 2.21. The summed E-state index contributed by atoms with van der Waals surface area (Å²) in [7, 11) is 0. The molecule has 1 heterocycles. The molecule has 282 valence electrons. The summed E-state index contributed by atoms with van der Waals surface area (Å²) in [4.78, 5) is 2.42. The van der Waals surface area contributed by atoms with Crippen molar-refractivity contribution in [1.82, 2.24) is 4.57 Å². The Morgan fingerprint density at radius 3 is 1.40 bits per heavy atom. The maximum Gasteiger partial charge on any atom is 0.0547 e.